The van der Waals surface area contributed by atoms with E-state index in [1.54, 1.807) is 16.8 Å². The van der Waals surface area contributed by atoms with E-state index < -0.39 is 7.52 Å². The average Bonchev–Trinajstić information content (AvgIpc) is 3.12. The van der Waals surface area contributed by atoms with Crippen molar-refractivity contribution in [2.24, 2.45) is 4.99 Å². The average molecular weight is 426 g/mol. The minimum absolute atomic E-state index is 0.189. The van der Waals surface area contributed by atoms with Crippen molar-refractivity contribution in [2.45, 2.75) is 6.92 Å². The largest absolute Gasteiger partial charge is 0.410 e. The molecule has 2 aromatic carbocycles. The quantitative estimate of drug-likeness (QED) is 0.599. The standard InChI is InChI=1S/C21H20FN4O3P/c1-15-19-20(26(24-15)18-5-3-2-4-6-18)23-21(16-7-9-17(22)10-8-16)29-30(19,27)25-11-13-28-14-12-25/h2-10H,11-14H2,1H3. The molecule has 1 aromatic heterocycles. The molecule has 2 aliphatic heterocycles. The number of hydrogen-bond donors (Lipinski definition) is 0. The molecule has 1 atom stereocenters. The second-order valence-corrected chi connectivity index (χ2v) is 9.34. The van der Waals surface area contributed by atoms with Gasteiger partial charge in [-0.2, -0.15) is 10.1 Å². The number of hydrogen-bond acceptors (Lipinski definition) is 5. The predicted octanol–water partition coefficient (Wildman–Crippen LogP) is 3.58. The Labute approximate surface area is 173 Å². The maximum Gasteiger partial charge on any atom is 0.356 e. The van der Waals surface area contributed by atoms with Crippen molar-refractivity contribution < 1.29 is 18.2 Å². The van der Waals surface area contributed by atoms with Crippen molar-refractivity contribution in [2.75, 3.05) is 26.3 Å². The molecule has 0 saturated carbocycles. The van der Waals surface area contributed by atoms with E-state index in [4.69, 9.17) is 9.26 Å². The molecule has 1 fully saturated rings. The maximum atomic E-state index is 14.4. The van der Waals surface area contributed by atoms with E-state index in [0.717, 1.165) is 5.69 Å². The summed E-state index contributed by atoms with van der Waals surface area (Å²) in [6.45, 7) is 3.70. The Hall–Kier alpha value is -2.80. The number of aryl methyl sites for hydroxylation is 1. The van der Waals surface area contributed by atoms with Crippen LogP contribution in [0.1, 0.15) is 11.3 Å². The Morgan fingerprint density at radius 1 is 1.03 bits per heavy atom. The van der Waals surface area contributed by atoms with Gasteiger partial charge in [0.05, 0.1) is 24.6 Å². The van der Waals surface area contributed by atoms with Gasteiger partial charge < -0.3 is 9.26 Å². The van der Waals surface area contributed by atoms with E-state index in [0.29, 0.717) is 48.7 Å². The van der Waals surface area contributed by atoms with Gasteiger partial charge >= 0.3 is 7.52 Å². The lowest BCUT2D eigenvalue weighted by Crippen LogP contribution is -2.39. The number of halogens is 1. The first kappa shape index (κ1) is 19.2. The highest BCUT2D eigenvalue weighted by atomic mass is 31.2. The summed E-state index contributed by atoms with van der Waals surface area (Å²) >= 11 is 0. The molecular formula is C21H20FN4O3P. The molecule has 1 unspecified atom stereocenters. The van der Waals surface area contributed by atoms with Crippen LogP contribution in [-0.4, -0.2) is 46.7 Å². The van der Waals surface area contributed by atoms with Gasteiger partial charge in [-0.05, 0) is 43.3 Å². The highest BCUT2D eigenvalue weighted by Crippen LogP contribution is 2.56. The fourth-order valence-corrected chi connectivity index (χ4v) is 6.10. The number of aliphatic imine (C=N–C) groups is 1. The van der Waals surface area contributed by atoms with Crippen LogP contribution < -0.4 is 5.30 Å². The monoisotopic (exact) mass is 426 g/mol. The van der Waals surface area contributed by atoms with Crippen LogP contribution in [0.3, 0.4) is 0 Å². The van der Waals surface area contributed by atoms with E-state index in [-0.39, 0.29) is 11.7 Å². The molecule has 0 N–H and O–H groups in total. The summed E-state index contributed by atoms with van der Waals surface area (Å²) in [5, 5.41) is 5.13. The second kappa shape index (κ2) is 7.47. The minimum Gasteiger partial charge on any atom is -0.410 e. The Balaban J connectivity index is 1.72. The highest BCUT2D eigenvalue weighted by molar-refractivity contribution is 7.65. The Morgan fingerprint density at radius 3 is 2.43 bits per heavy atom. The summed E-state index contributed by atoms with van der Waals surface area (Å²) in [4.78, 5) is 4.68. The molecule has 0 spiro atoms. The van der Waals surface area contributed by atoms with Gasteiger partial charge in [-0.15, -0.1) is 0 Å². The summed E-state index contributed by atoms with van der Waals surface area (Å²) in [5.41, 5.74) is 1.96. The van der Waals surface area contributed by atoms with Gasteiger partial charge in [-0.1, -0.05) is 18.2 Å². The zero-order valence-corrected chi connectivity index (χ0v) is 17.3. The lowest BCUT2D eigenvalue weighted by Gasteiger charge is -2.35. The van der Waals surface area contributed by atoms with E-state index in [1.165, 1.54) is 12.1 Å². The van der Waals surface area contributed by atoms with Crippen LogP contribution in [0, 0.1) is 12.7 Å². The highest BCUT2D eigenvalue weighted by Gasteiger charge is 2.46. The summed E-state index contributed by atoms with van der Waals surface area (Å²) in [6.07, 6.45) is 0. The number of rotatable bonds is 3. The van der Waals surface area contributed by atoms with E-state index in [2.05, 4.69) is 10.1 Å². The van der Waals surface area contributed by atoms with Crippen molar-refractivity contribution in [1.82, 2.24) is 14.5 Å². The first-order chi connectivity index (χ1) is 14.6. The minimum atomic E-state index is -3.50. The summed E-state index contributed by atoms with van der Waals surface area (Å²) in [7, 11) is -3.50. The number of morpholine rings is 1. The zero-order valence-electron chi connectivity index (χ0n) is 16.4. The normalized spacial score (nSPS) is 21.6. The Kier molecular flexibility index (Phi) is 4.77. The van der Waals surface area contributed by atoms with Crippen molar-refractivity contribution in [3.8, 4) is 5.69 Å². The third kappa shape index (κ3) is 3.17. The van der Waals surface area contributed by atoms with Crippen molar-refractivity contribution in [3.63, 3.8) is 0 Å². The smallest absolute Gasteiger partial charge is 0.356 e. The van der Waals surface area contributed by atoms with Crippen molar-refractivity contribution in [1.29, 1.82) is 0 Å². The molecule has 1 saturated heterocycles. The molecule has 0 amide bonds. The van der Waals surface area contributed by atoms with Crippen molar-refractivity contribution in [3.05, 3.63) is 71.7 Å². The van der Waals surface area contributed by atoms with Crippen LogP contribution in [0.25, 0.3) is 5.69 Å². The van der Waals surface area contributed by atoms with E-state index >= 15 is 0 Å². The lowest BCUT2D eigenvalue weighted by molar-refractivity contribution is 0.0689. The van der Waals surface area contributed by atoms with Crippen LogP contribution in [0.5, 0.6) is 0 Å². The molecule has 0 aliphatic carbocycles. The Morgan fingerprint density at radius 2 is 1.73 bits per heavy atom. The summed E-state index contributed by atoms with van der Waals surface area (Å²) < 4.78 is 42.9. The van der Waals surface area contributed by atoms with Gasteiger partial charge in [-0.25, -0.2) is 13.7 Å². The lowest BCUT2D eigenvalue weighted by atomic mass is 10.2. The SMILES string of the molecule is Cc1nn(-c2ccccc2)c2c1P(=O)(N1CCOCC1)OC(c1ccc(F)cc1)=N2. The molecule has 30 heavy (non-hydrogen) atoms. The number of ether oxygens (including phenoxy) is 1. The first-order valence-corrected chi connectivity index (χ1v) is 11.3. The molecule has 0 bridgehead atoms. The molecule has 2 aliphatic rings. The van der Waals surface area contributed by atoms with Crippen LogP contribution >= 0.6 is 7.52 Å². The zero-order chi connectivity index (χ0) is 20.7. The summed E-state index contributed by atoms with van der Waals surface area (Å²) in [6, 6.07) is 15.4. The van der Waals surface area contributed by atoms with Crippen LogP contribution in [-0.2, 0) is 13.8 Å². The Bertz CT molecular complexity index is 1150. The summed E-state index contributed by atoms with van der Waals surface area (Å²) in [5.74, 6) is 0.297. The third-order valence-corrected chi connectivity index (χ3v) is 7.81. The molecule has 3 aromatic rings. The molecule has 7 nitrogen and oxygen atoms in total. The van der Waals surface area contributed by atoms with Gasteiger partial charge in [0.1, 0.15) is 11.1 Å². The van der Waals surface area contributed by atoms with Crippen molar-refractivity contribution >= 4 is 24.5 Å². The van der Waals surface area contributed by atoms with Gasteiger partial charge in [0.15, 0.2) is 5.82 Å². The number of benzene rings is 2. The molecular weight excluding hydrogens is 406 g/mol. The number of aromatic nitrogens is 2. The molecule has 5 rings (SSSR count). The van der Waals surface area contributed by atoms with E-state index in [9.17, 15) is 8.96 Å². The fourth-order valence-electron chi connectivity index (χ4n) is 3.69. The molecule has 0 radical (unpaired) electrons. The molecule has 3 heterocycles. The van der Waals surface area contributed by atoms with E-state index in [1.807, 2.05) is 41.9 Å². The first-order valence-electron chi connectivity index (χ1n) is 9.69. The van der Waals surface area contributed by atoms with Crippen LogP contribution in [0.15, 0.2) is 59.6 Å². The molecule has 9 heteroatoms. The number of fused-ring (bicyclic) bond motifs is 1. The topological polar surface area (TPSA) is 69.0 Å². The number of para-hydroxylation sites is 1. The maximum absolute atomic E-state index is 14.4. The van der Waals surface area contributed by atoms with Gasteiger partial charge in [0, 0.05) is 18.7 Å². The van der Waals surface area contributed by atoms with Gasteiger partial charge in [0.25, 0.3) is 0 Å². The van der Waals surface area contributed by atoms with Gasteiger partial charge in [-0.3, -0.25) is 4.57 Å². The number of nitrogens with zero attached hydrogens (tertiary/aromatic N) is 4. The second-order valence-electron chi connectivity index (χ2n) is 7.11. The van der Waals surface area contributed by atoms with Gasteiger partial charge in [0.2, 0.25) is 5.90 Å². The van der Waals surface area contributed by atoms with Crippen LogP contribution in [0.2, 0.25) is 0 Å². The molecule has 154 valence electrons. The van der Waals surface area contributed by atoms with Crippen LogP contribution in [0.4, 0.5) is 10.2 Å². The third-order valence-electron chi connectivity index (χ3n) is 5.16. The predicted molar refractivity (Wildman–Crippen MR) is 112 cm³/mol. The fraction of sp³-hybridized carbons (Fsp3) is 0.238.